The Bertz CT molecular complexity index is 781. The Morgan fingerprint density at radius 2 is 2.25 bits per heavy atom. The van der Waals surface area contributed by atoms with Crippen LogP contribution >= 0.6 is 0 Å². The Morgan fingerprint density at radius 3 is 3.00 bits per heavy atom. The molecule has 0 spiro atoms. The molecule has 0 unspecified atom stereocenters. The quantitative estimate of drug-likeness (QED) is 0.890. The normalized spacial score (nSPS) is 17.8. The van der Waals surface area contributed by atoms with Gasteiger partial charge in [0.05, 0.1) is 6.04 Å². The average Bonchev–Trinajstić information content (AvgIpc) is 3.11. The smallest absolute Gasteiger partial charge is 0.293 e. The van der Waals surface area contributed by atoms with Crippen LogP contribution in [0.2, 0.25) is 0 Å². The molecule has 3 rings (SSSR count). The number of amides is 1. The van der Waals surface area contributed by atoms with Crippen molar-refractivity contribution in [2.75, 3.05) is 25.0 Å². The van der Waals surface area contributed by atoms with Crippen molar-refractivity contribution in [2.45, 2.75) is 32.4 Å². The molecule has 1 N–H and O–H groups in total. The van der Waals surface area contributed by atoms with E-state index in [-0.39, 0.29) is 17.5 Å². The lowest BCUT2D eigenvalue weighted by Gasteiger charge is -2.33. The molecule has 0 aliphatic carbocycles. The van der Waals surface area contributed by atoms with Gasteiger partial charge in [0.15, 0.2) is 5.82 Å². The van der Waals surface area contributed by atoms with E-state index >= 15 is 0 Å². The number of hydrogen-bond acceptors (Lipinski definition) is 5. The van der Waals surface area contributed by atoms with Crippen molar-refractivity contribution in [3.63, 3.8) is 0 Å². The zero-order valence-electron chi connectivity index (χ0n) is 14.0. The molecular formula is C16H22N6O2. The number of carbonyl (C=O) groups is 1. The van der Waals surface area contributed by atoms with E-state index in [2.05, 4.69) is 15.4 Å². The lowest BCUT2D eigenvalue weighted by molar-refractivity contribution is 0.0957. The number of piperidine rings is 1. The minimum Gasteiger partial charge on any atom is -0.354 e. The van der Waals surface area contributed by atoms with Gasteiger partial charge in [-0.3, -0.25) is 14.3 Å². The standard InChI is InChI=1S/C16H22N6O2/c1-3-20-10-7-18-14(16(20)24)21-8-4-5-12(11-21)22-9-6-13(19-22)15(23)17-2/h6-7,9-10,12H,3-5,8,11H2,1-2H3,(H,17,23)/t12-/m0/s1. The van der Waals surface area contributed by atoms with Gasteiger partial charge in [-0.25, -0.2) is 4.98 Å². The molecule has 2 aromatic heterocycles. The summed E-state index contributed by atoms with van der Waals surface area (Å²) in [5.74, 6) is 0.291. The summed E-state index contributed by atoms with van der Waals surface area (Å²) in [6.45, 7) is 4.02. The van der Waals surface area contributed by atoms with Crippen LogP contribution in [0.5, 0.6) is 0 Å². The third kappa shape index (κ3) is 3.04. The highest BCUT2D eigenvalue weighted by atomic mass is 16.2. The molecule has 1 amide bonds. The van der Waals surface area contributed by atoms with E-state index in [0.29, 0.717) is 24.6 Å². The molecule has 0 aromatic carbocycles. The summed E-state index contributed by atoms with van der Waals surface area (Å²) in [6, 6.07) is 1.83. The molecule has 24 heavy (non-hydrogen) atoms. The predicted molar refractivity (Wildman–Crippen MR) is 90.3 cm³/mol. The fourth-order valence-electron chi connectivity index (χ4n) is 3.06. The maximum Gasteiger partial charge on any atom is 0.293 e. The number of aromatic nitrogens is 4. The van der Waals surface area contributed by atoms with Crippen molar-refractivity contribution in [1.29, 1.82) is 0 Å². The number of rotatable bonds is 4. The monoisotopic (exact) mass is 330 g/mol. The van der Waals surface area contributed by atoms with Crippen molar-refractivity contribution in [3.05, 3.63) is 40.7 Å². The average molecular weight is 330 g/mol. The number of aryl methyl sites for hydroxylation is 1. The van der Waals surface area contributed by atoms with Crippen LogP contribution in [0.15, 0.2) is 29.5 Å². The van der Waals surface area contributed by atoms with Crippen LogP contribution < -0.4 is 15.8 Å². The van der Waals surface area contributed by atoms with E-state index < -0.39 is 0 Å². The van der Waals surface area contributed by atoms with Gasteiger partial charge in [0, 0.05) is 45.3 Å². The predicted octanol–water partition coefficient (Wildman–Crippen LogP) is 0.661. The van der Waals surface area contributed by atoms with E-state index in [1.807, 2.05) is 22.7 Å². The minimum atomic E-state index is -0.197. The molecule has 3 heterocycles. The molecule has 0 bridgehead atoms. The Labute approximate surface area is 140 Å². The van der Waals surface area contributed by atoms with E-state index in [1.54, 1.807) is 30.1 Å². The van der Waals surface area contributed by atoms with Crippen molar-refractivity contribution in [2.24, 2.45) is 0 Å². The second kappa shape index (κ2) is 6.86. The SMILES string of the molecule is CCn1ccnc(N2CCC[C@H](n3ccc(C(=O)NC)n3)C2)c1=O. The maximum absolute atomic E-state index is 12.5. The molecule has 1 aliphatic rings. The summed E-state index contributed by atoms with van der Waals surface area (Å²) in [7, 11) is 1.59. The maximum atomic E-state index is 12.5. The largest absolute Gasteiger partial charge is 0.354 e. The molecule has 1 saturated heterocycles. The number of nitrogens with one attached hydrogen (secondary N) is 1. The molecule has 1 fully saturated rings. The van der Waals surface area contributed by atoms with Gasteiger partial charge in [-0.2, -0.15) is 5.10 Å². The third-order valence-corrected chi connectivity index (χ3v) is 4.37. The van der Waals surface area contributed by atoms with Gasteiger partial charge in [-0.1, -0.05) is 0 Å². The van der Waals surface area contributed by atoms with Crippen molar-refractivity contribution < 1.29 is 4.79 Å². The molecule has 0 radical (unpaired) electrons. The van der Waals surface area contributed by atoms with Crippen LogP contribution in [-0.2, 0) is 6.54 Å². The fraction of sp³-hybridized carbons (Fsp3) is 0.500. The topological polar surface area (TPSA) is 85.1 Å². The molecule has 128 valence electrons. The van der Waals surface area contributed by atoms with Gasteiger partial charge >= 0.3 is 0 Å². The van der Waals surface area contributed by atoms with E-state index in [1.165, 1.54) is 0 Å². The van der Waals surface area contributed by atoms with Gasteiger partial charge in [0.25, 0.3) is 11.5 Å². The third-order valence-electron chi connectivity index (χ3n) is 4.37. The first-order chi connectivity index (χ1) is 11.6. The van der Waals surface area contributed by atoms with Crippen molar-refractivity contribution in [3.8, 4) is 0 Å². The van der Waals surface area contributed by atoms with E-state index in [0.717, 1.165) is 19.4 Å². The highest BCUT2D eigenvalue weighted by Gasteiger charge is 2.25. The first-order valence-corrected chi connectivity index (χ1v) is 8.21. The Balaban J connectivity index is 1.81. The molecule has 1 atom stereocenters. The summed E-state index contributed by atoms with van der Waals surface area (Å²) in [4.78, 5) is 30.4. The lowest BCUT2D eigenvalue weighted by atomic mass is 10.1. The fourth-order valence-corrected chi connectivity index (χ4v) is 3.06. The van der Waals surface area contributed by atoms with E-state index in [9.17, 15) is 9.59 Å². The van der Waals surface area contributed by atoms with Crippen LogP contribution in [0.4, 0.5) is 5.82 Å². The lowest BCUT2D eigenvalue weighted by Crippen LogP contribution is -2.41. The Kier molecular flexibility index (Phi) is 4.64. The van der Waals surface area contributed by atoms with Gasteiger partial charge in [-0.15, -0.1) is 0 Å². The van der Waals surface area contributed by atoms with Crippen LogP contribution in [-0.4, -0.2) is 45.4 Å². The van der Waals surface area contributed by atoms with Crippen LogP contribution in [0.25, 0.3) is 0 Å². The van der Waals surface area contributed by atoms with Crippen molar-refractivity contribution in [1.82, 2.24) is 24.6 Å². The van der Waals surface area contributed by atoms with Crippen molar-refractivity contribution >= 4 is 11.7 Å². The summed E-state index contributed by atoms with van der Waals surface area (Å²) in [5, 5.41) is 6.94. The number of hydrogen-bond donors (Lipinski definition) is 1. The molecule has 0 saturated carbocycles. The zero-order valence-corrected chi connectivity index (χ0v) is 14.0. The van der Waals surface area contributed by atoms with Gasteiger partial charge in [0.1, 0.15) is 5.69 Å². The first kappa shape index (κ1) is 16.2. The van der Waals surface area contributed by atoms with E-state index in [4.69, 9.17) is 0 Å². The second-order valence-electron chi connectivity index (χ2n) is 5.84. The molecule has 2 aromatic rings. The molecular weight excluding hydrogens is 308 g/mol. The second-order valence-corrected chi connectivity index (χ2v) is 5.84. The summed E-state index contributed by atoms with van der Waals surface area (Å²) in [5.41, 5.74) is 0.341. The van der Waals surface area contributed by atoms with Crippen LogP contribution in [0, 0.1) is 0 Å². The number of carbonyl (C=O) groups excluding carboxylic acids is 1. The van der Waals surface area contributed by atoms with Crippen LogP contribution in [0.3, 0.4) is 0 Å². The molecule has 8 heteroatoms. The van der Waals surface area contributed by atoms with Gasteiger partial charge in [-0.05, 0) is 25.8 Å². The zero-order chi connectivity index (χ0) is 17.1. The molecule has 1 aliphatic heterocycles. The summed E-state index contributed by atoms with van der Waals surface area (Å²) in [6.07, 6.45) is 7.10. The molecule has 8 nitrogen and oxygen atoms in total. The summed E-state index contributed by atoms with van der Waals surface area (Å²) < 4.78 is 3.47. The Morgan fingerprint density at radius 1 is 1.42 bits per heavy atom. The first-order valence-electron chi connectivity index (χ1n) is 8.21. The van der Waals surface area contributed by atoms with Gasteiger partial charge < -0.3 is 14.8 Å². The highest BCUT2D eigenvalue weighted by molar-refractivity contribution is 5.91. The van der Waals surface area contributed by atoms with Crippen LogP contribution in [0.1, 0.15) is 36.3 Å². The minimum absolute atomic E-state index is 0.0628. The van der Waals surface area contributed by atoms with Gasteiger partial charge in [0.2, 0.25) is 0 Å². The number of nitrogens with zero attached hydrogens (tertiary/aromatic N) is 5. The number of anilines is 1. The Hall–Kier alpha value is -2.64. The highest BCUT2D eigenvalue weighted by Crippen LogP contribution is 2.23. The summed E-state index contributed by atoms with van der Waals surface area (Å²) >= 11 is 0.